The largest absolute Gasteiger partial charge is 2.00 e. The van der Waals surface area contributed by atoms with Crippen LogP contribution in [0.1, 0.15) is 82.9 Å². The van der Waals surface area contributed by atoms with Gasteiger partial charge in [0.1, 0.15) is 0 Å². The van der Waals surface area contributed by atoms with Crippen molar-refractivity contribution in [3.05, 3.63) is 142 Å². The van der Waals surface area contributed by atoms with E-state index >= 15 is 0 Å². The van der Waals surface area contributed by atoms with Crippen LogP contribution in [0.25, 0.3) is 0 Å². The summed E-state index contributed by atoms with van der Waals surface area (Å²) in [5, 5.41) is 75.0. The van der Waals surface area contributed by atoms with Gasteiger partial charge in [-0.3, -0.25) is 0 Å². The predicted octanol–water partition coefficient (Wildman–Crippen LogP) is -3.33. The van der Waals surface area contributed by atoms with Gasteiger partial charge in [0.2, 0.25) is 0 Å². The quantitative estimate of drug-likeness (QED) is 0.125. The number of hydrogen-bond acceptors (Lipinski definition) is 12. The van der Waals surface area contributed by atoms with Gasteiger partial charge in [0.25, 0.3) is 0 Å². The number of hydrogen-bond donors (Lipinski definition) is 4. The standard InChI is InChI=1S/4C8H6O4.2H2O.4O.2U/c4*9-7(10)5-2-1-3-6(4-5)8(11)12;;;;;;;;/h4*1-4H,(H,9,10)(H,11,12);2*1H2;;;;;;/q;;;;;;4*-2;;/p-2. The maximum absolute atomic E-state index is 10.4. The fourth-order valence-corrected chi connectivity index (χ4v) is 3.12. The van der Waals surface area contributed by atoms with Crippen LogP contribution in [0, 0.1) is 62.2 Å². The summed E-state index contributed by atoms with van der Waals surface area (Å²) in [6.07, 6.45) is 0. The molecule has 0 amide bonds. The molecule has 0 aliphatic heterocycles. The number of carboxylic acids is 8. The molecule has 0 fully saturated rings. The first-order valence-corrected chi connectivity index (χ1v) is 12.6. The van der Waals surface area contributed by atoms with E-state index in [1.807, 2.05) is 0 Å². The summed E-state index contributed by atoms with van der Waals surface area (Å²) in [6, 6.07) is 20.0. The number of carbonyl (C=O) groups is 8. The van der Waals surface area contributed by atoms with Crippen LogP contribution in [0.5, 0.6) is 0 Å². The molecule has 0 saturated heterocycles. The molecule has 10 N–H and O–H groups in total. The molecule has 4 aromatic carbocycles. The molecule has 304 valence electrons. The Morgan fingerprint density at radius 2 is 0.446 bits per heavy atom. The third kappa shape index (κ3) is 24.7. The van der Waals surface area contributed by atoms with Gasteiger partial charge in [-0.05, 0) is 70.8 Å². The Bertz CT molecular complexity index is 1490. The zero-order valence-electron chi connectivity index (χ0n) is 27.7. The maximum Gasteiger partial charge on any atom is 0.335 e. The minimum Gasteiger partial charge on any atom is -2.00 e. The van der Waals surface area contributed by atoms with E-state index in [0.29, 0.717) is 0 Å². The molecular formula is C32H26O22U2-10. The van der Waals surface area contributed by atoms with E-state index in [9.17, 15) is 58.8 Å². The van der Waals surface area contributed by atoms with E-state index in [1.165, 1.54) is 72.8 Å². The van der Waals surface area contributed by atoms with Gasteiger partial charge in [-0.1, -0.05) is 48.5 Å². The second-order valence-electron chi connectivity index (χ2n) is 8.69. The first-order chi connectivity index (χ1) is 22.4. The fraction of sp³-hybridized carbons (Fsp3) is 0. The van der Waals surface area contributed by atoms with E-state index < -0.39 is 47.8 Å². The monoisotopic (exact) mass is 1240 g/mol. The zero-order chi connectivity index (χ0) is 36.6. The van der Waals surface area contributed by atoms with Gasteiger partial charge < -0.3 is 92.9 Å². The molecule has 0 radical (unpaired) electrons. The molecule has 4 rings (SSSR count). The summed E-state index contributed by atoms with van der Waals surface area (Å²) in [5.74, 6) is -10.1. The summed E-state index contributed by atoms with van der Waals surface area (Å²) < 4.78 is 0. The third-order valence-electron chi connectivity index (χ3n) is 5.38. The minimum atomic E-state index is -1.38. The molecule has 0 heterocycles. The first-order valence-electron chi connectivity index (χ1n) is 12.6. The summed E-state index contributed by atoms with van der Waals surface area (Å²) in [5.41, 5.74) is -0.753. The van der Waals surface area contributed by atoms with Gasteiger partial charge in [0, 0.05) is 62.2 Å². The van der Waals surface area contributed by atoms with Crippen LogP contribution < -0.4 is 20.4 Å². The Morgan fingerprint density at radius 3 is 0.554 bits per heavy atom. The van der Waals surface area contributed by atoms with Crippen LogP contribution in [0.4, 0.5) is 0 Å². The average Bonchev–Trinajstić information content (AvgIpc) is 3.05. The molecule has 56 heavy (non-hydrogen) atoms. The number of carboxylic acid groups (broad SMARTS) is 8. The molecule has 4 aromatic rings. The molecule has 0 unspecified atom stereocenters. The number of carbonyl (C=O) groups excluding carboxylic acids is 4. The number of aromatic carboxylic acids is 8. The van der Waals surface area contributed by atoms with Gasteiger partial charge in [0.15, 0.2) is 0 Å². The minimum absolute atomic E-state index is 0. The van der Waals surface area contributed by atoms with E-state index in [-0.39, 0.29) is 140 Å². The van der Waals surface area contributed by atoms with Crippen LogP contribution in [0.3, 0.4) is 0 Å². The summed E-state index contributed by atoms with van der Waals surface area (Å²) in [6.45, 7) is 0. The van der Waals surface area contributed by atoms with E-state index in [0.717, 1.165) is 24.3 Å². The number of benzene rings is 4. The Morgan fingerprint density at radius 1 is 0.321 bits per heavy atom. The molecule has 0 atom stereocenters. The Labute approximate surface area is 361 Å². The molecular weight excluding hydrogens is 1210 g/mol. The maximum atomic E-state index is 10.4. The molecule has 24 heteroatoms. The predicted molar refractivity (Wildman–Crippen MR) is 163 cm³/mol. The van der Waals surface area contributed by atoms with Gasteiger partial charge in [-0.2, -0.15) is 0 Å². The third-order valence-corrected chi connectivity index (χ3v) is 5.38. The summed E-state index contributed by atoms with van der Waals surface area (Å²) in [7, 11) is 0. The van der Waals surface area contributed by atoms with Crippen molar-refractivity contribution in [1.29, 1.82) is 0 Å². The summed E-state index contributed by atoms with van der Waals surface area (Å²) in [4.78, 5) is 82.5. The van der Waals surface area contributed by atoms with E-state index in [1.54, 1.807) is 0 Å². The van der Waals surface area contributed by atoms with Crippen molar-refractivity contribution in [2.45, 2.75) is 0 Å². The second-order valence-corrected chi connectivity index (χ2v) is 8.69. The van der Waals surface area contributed by atoms with Crippen LogP contribution in [0.2, 0.25) is 0 Å². The molecule has 0 saturated carbocycles. The Balaban J connectivity index is -0.0000000873. The molecule has 0 aromatic heterocycles. The molecule has 0 aliphatic rings. The Kier molecular flexibility index (Phi) is 41.6. The first kappa shape index (κ1) is 68.5. The Hall–Kier alpha value is -5.50. The van der Waals surface area contributed by atoms with Crippen molar-refractivity contribution in [3.63, 3.8) is 0 Å². The van der Waals surface area contributed by atoms with Gasteiger partial charge in [-0.25, -0.2) is 19.2 Å². The van der Waals surface area contributed by atoms with Crippen molar-refractivity contribution in [2.24, 2.45) is 0 Å². The summed E-state index contributed by atoms with van der Waals surface area (Å²) >= 11 is 0. The molecule has 0 bridgehead atoms. The van der Waals surface area contributed by atoms with Crippen molar-refractivity contribution >= 4 is 47.8 Å². The average molecular weight is 1240 g/mol. The van der Waals surface area contributed by atoms with Gasteiger partial charge >= 0.3 is 23.9 Å². The van der Waals surface area contributed by atoms with Crippen molar-refractivity contribution < 1.29 is 174 Å². The van der Waals surface area contributed by atoms with Crippen molar-refractivity contribution in [3.8, 4) is 0 Å². The molecule has 0 spiro atoms. The number of rotatable bonds is 8. The van der Waals surface area contributed by atoms with Crippen LogP contribution in [-0.2, 0) is 32.9 Å². The smallest absolute Gasteiger partial charge is 0.335 e. The van der Waals surface area contributed by atoms with Crippen molar-refractivity contribution in [1.82, 2.24) is 0 Å². The van der Waals surface area contributed by atoms with E-state index in [4.69, 9.17) is 20.4 Å². The molecule has 0 aliphatic carbocycles. The van der Waals surface area contributed by atoms with Crippen LogP contribution in [0.15, 0.2) is 97.1 Å². The van der Waals surface area contributed by atoms with Crippen molar-refractivity contribution in [2.75, 3.05) is 0 Å². The molecule has 22 nitrogen and oxygen atoms in total. The fourth-order valence-electron chi connectivity index (χ4n) is 3.12. The normalized spacial score (nSPS) is 8.00. The van der Waals surface area contributed by atoms with Gasteiger partial charge in [0.05, 0.1) is 46.1 Å². The van der Waals surface area contributed by atoms with Crippen LogP contribution >= 0.6 is 0 Å². The SMILES string of the molecule is O=C([O-])c1cccc(C(=O)O)c1.O=C([O-])c1cccc(C(=O)O)c1.O=C([O-])c1cccc(C(=O)O)c1.O=C([O-])c1cccc(C(=O)O)c1.[O-2].[O-2].[O-2].[O-2].[OH3+].[OH3+].[U].[U]. The van der Waals surface area contributed by atoms with Gasteiger partial charge in [-0.15, -0.1) is 0 Å². The topological polar surface area (TPSA) is 490 Å². The zero-order valence-corrected chi connectivity index (χ0v) is 36.0. The van der Waals surface area contributed by atoms with Crippen LogP contribution in [-0.4, -0.2) is 68.2 Å². The van der Waals surface area contributed by atoms with E-state index in [2.05, 4.69) is 0 Å². The second kappa shape index (κ2) is 34.0.